The quantitative estimate of drug-likeness (QED) is 0.0667. The van der Waals surface area contributed by atoms with E-state index in [2.05, 4.69) is 63.8 Å². The van der Waals surface area contributed by atoms with Gasteiger partial charge in [-0.25, -0.2) is 0 Å². The summed E-state index contributed by atoms with van der Waals surface area (Å²) in [5.74, 6) is -0.694. The number of H-pyrrole nitrogens is 2. The molecule has 5 unspecified atom stereocenters. The summed E-state index contributed by atoms with van der Waals surface area (Å²) in [6.07, 6.45) is 18.1. The van der Waals surface area contributed by atoms with Crippen LogP contribution in [0.15, 0.2) is 115 Å². The molecule has 6 aromatic rings. The summed E-state index contributed by atoms with van der Waals surface area (Å²) in [6.45, 7) is 0.0218. The Bertz CT molecular complexity index is 2890. The number of rotatable bonds is 10. The summed E-state index contributed by atoms with van der Waals surface area (Å²) in [7, 11) is 0. The fourth-order valence-electron chi connectivity index (χ4n) is 11.8. The molecule has 0 saturated heterocycles. The highest BCUT2D eigenvalue weighted by Crippen LogP contribution is 2.46. The van der Waals surface area contributed by atoms with Crippen molar-refractivity contribution in [3.05, 3.63) is 176 Å². The number of fused-ring (bicyclic) bond motifs is 8. The predicted molar refractivity (Wildman–Crippen MR) is 274 cm³/mol. The number of aromatic amines is 2. The zero-order valence-electron chi connectivity index (χ0n) is 39.8. The van der Waals surface area contributed by atoms with Gasteiger partial charge >= 0.3 is 0 Å². The van der Waals surface area contributed by atoms with Gasteiger partial charge in [-0.1, -0.05) is 78.9 Å². The molecule has 1 saturated carbocycles. The molecule has 7 N–H and O–H groups in total. The van der Waals surface area contributed by atoms with Crippen molar-refractivity contribution in [2.45, 2.75) is 108 Å². The van der Waals surface area contributed by atoms with E-state index in [1.165, 1.54) is 0 Å². The molecular weight excluding hydrogens is 875 g/mol. The van der Waals surface area contributed by atoms with Gasteiger partial charge in [0.15, 0.2) is 17.3 Å². The number of anilines is 1. The minimum absolute atomic E-state index is 0.00352. The van der Waals surface area contributed by atoms with Crippen molar-refractivity contribution >= 4 is 29.5 Å². The van der Waals surface area contributed by atoms with Crippen LogP contribution in [0.1, 0.15) is 119 Å². The minimum atomic E-state index is -1.03. The fourth-order valence-corrected chi connectivity index (χ4v) is 11.8. The summed E-state index contributed by atoms with van der Waals surface area (Å²) < 4.78 is 6.51. The fraction of sp³-hybridized carbons (Fsp3) is 0.367. The van der Waals surface area contributed by atoms with Gasteiger partial charge in [0, 0.05) is 73.5 Å². The van der Waals surface area contributed by atoms with E-state index in [-0.39, 0.29) is 60.5 Å². The first kappa shape index (κ1) is 47.1. The van der Waals surface area contributed by atoms with Crippen LogP contribution < -0.4 is 10.1 Å². The number of carbonyl (C=O) groups excluding carboxylic acids is 2. The molecule has 10 heteroatoms. The molecule has 3 heterocycles. The van der Waals surface area contributed by atoms with Gasteiger partial charge < -0.3 is 40.4 Å². The monoisotopic (exact) mass is 939 g/mol. The number of aromatic nitrogens is 2. The summed E-state index contributed by atoms with van der Waals surface area (Å²) in [6, 6.07) is 30.1. The lowest BCUT2D eigenvalue weighted by Gasteiger charge is -2.36. The maximum absolute atomic E-state index is 15.6. The average Bonchev–Trinajstić information content (AvgIpc) is 4.13. The number of carbonyl (C=O) groups is 2. The third-order valence-electron chi connectivity index (χ3n) is 15.4. The minimum Gasteiger partial charge on any atom is -0.507 e. The topological polar surface area (TPSA) is 168 Å². The van der Waals surface area contributed by atoms with Crippen LogP contribution in [-0.4, -0.2) is 67.3 Å². The van der Waals surface area contributed by atoms with Crippen molar-refractivity contribution < 1.29 is 34.8 Å². The van der Waals surface area contributed by atoms with Crippen LogP contribution >= 0.6 is 0 Å². The molecule has 0 radical (unpaired) electrons. The SMILES string of the molecule is O=C1CCc2cc(c(O)c(OC3CCCC3)c2)Cc2ccc(CC(O)Cc3ccccc3)c(c2)Cc2cc[nH]c2NCC2=Cc3[nH]ccc3C(CC3C=Cc4c(O)cccc4CC3)C2C(=O)C1CCO. The molecule has 4 bridgehead atoms. The van der Waals surface area contributed by atoms with Gasteiger partial charge in [-0.2, -0.15) is 0 Å². The zero-order valence-corrected chi connectivity index (χ0v) is 39.8. The van der Waals surface area contributed by atoms with E-state index in [1.807, 2.05) is 67.0 Å². The van der Waals surface area contributed by atoms with Crippen LogP contribution in [0, 0.1) is 17.8 Å². The van der Waals surface area contributed by atoms with Crippen molar-refractivity contribution in [3.63, 3.8) is 0 Å². The Labute approximate surface area is 410 Å². The average molecular weight is 940 g/mol. The molecule has 1 aliphatic heterocycles. The molecule has 10 nitrogen and oxygen atoms in total. The van der Waals surface area contributed by atoms with Crippen LogP contribution in [0.4, 0.5) is 5.82 Å². The first-order chi connectivity index (χ1) is 34.2. The number of aromatic hydroxyl groups is 2. The Balaban J connectivity index is 1.04. The van der Waals surface area contributed by atoms with Crippen LogP contribution in [0.5, 0.6) is 17.2 Å². The number of aryl methyl sites for hydroxylation is 2. The molecule has 4 aliphatic rings. The number of allylic oxidation sites excluding steroid dienone is 1. The van der Waals surface area contributed by atoms with Crippen LogP contribution in [0.2, 0.25) is 0 Å². The number of hydrogen-bond donors (Lipinski definition) is 7. The second-order valence-corrected chi connectivity index (χ2v) is 20.2. The maximum Gasteiger partial charge on any atom is 0.161 e. The Morgan fingerprint density at radius 1 is 0.757 bits per heavy atom. The normalized spacial score (nSPS) is 21.1. The molecule has 0 amide bonds. The molecule has 70 heavy (non-hydrogen) atoms. The Kier molecular flexibility index (Phi) is 14.2. The zero-order chi connectivity index (χ0) is 48.1. The van der Waals surface area contributed by atoms with Gasteiger partial charge in [0.05, 0.1) is 18.1 Å². The number of aliphatic hydroxyl groups is 2. The number of benzene rings is 4. The Hall–Kier alpha value is -6.62. The Morgan fingerprint density at radius 3 is 2.43 bits per heavy atom. The van der Waals surface area contributed by atoms with E-state index in [0.29, 0.717) is 56.4 Å². The van der Waals surface area contributed by atoms with Crippen molar-refractivity contribution in [1.29, 1.82) is 0 Å². The number of Topliss-reactive ketones (excluding diaryl/α,β-unsaturated/α-hetero) is 2. The lowest BCUT2D eigenvalue weighted by Crippen LogP contribution is -2.38. The number of phenolic OH excluding ortho intramolecular Hbond substituents is 2. The molecule has 10 rings (SSSR count). The molecule has 2 aromatic heterocycles. The van der Waals surface area contributed by atoms with Crippen molar-refractivity contribution in [2.24, 2.45) is 17.8 Å². The molecule has 3 aliphatic carbocycles. The van der Waals surface area contributed by atoms with Crippen molar-refractivity contribution in [1.82, 2.24) is 9.97 Å². The highest BCUT2D eigenvalue weighted by atomic mass is 16.5. The predicted octanol–water partition coefficient (Wildman–Crippen LogP) is 10.4. The molecule has 5 atom stereocenters. The number of phenols is 2. The van der Waals surface area contributed by atoms with E-state index in [1.54, 1.807) is 6.07 Å². The van der Waals surface area contributed by atoms with E-state index in [4.69, 9.17) is 4.74 Å². The number of hydrogen-bond acceptors (Lipinski definition) is 8. The van der Waals surface area contributed by atoms with E-state index in [0.717, 1.165) is 106 Å². The highest BCUT2D eigenvalue weighted by molar-refractivity contribution is 6.05. The van der Waals surface area contributed by atoms with Crippen molar-refractivity contribution in [3.8, 4) is 17.2 Å². The van der Waals surface area contributed by atoms with Gasteiger partial charge in [-0.05, 0) is 157 Å². The summed E-state index contributed by atoms with van der Waals surface area (Å²) in [5, 5.41) is 48.4. The van der Waals surface area contributed by atoms with Gasteiger partial charge in [0.25, 0.3) is 0 Å². The summed E-state index contributed by atoms with van der Waals surface area (Å²) in [4.78, 5) is 37.1. The van der Waals surface area contributed by atoms with Gasteiger partial charge in [0.2, 0.25) is 0 Å². The second-order valence-electron chi connectivity index (χ2n) is 20.2. The molecule has 1 fully saturated rings. The van der Waals surface area contributed by atoms with E-state index < -0.39 is 17.9 Å². The highest BCUT2D eigenvalue weighted by Gasteiger charge is 2.42. The third kappa shape index (κ3) is 10.4. The number of ketones is 2. The molecule has 362 valence electrons. The summed E-state index contributed by atoms with van der Waals surface area (Å²) in [5.41, 5.74) is 11.5. The summed E-state index contributed by atoms with van der Waals surface area (Å²) >= 11 is 0. The molecule has 4 aromatic carbocycles. The van der Waals surface area contributed by atoms with Gasteiger partial charge in [0.1, 0.15) is 17.4 Å². The lowest BCUT2D eigenvalue weighted by molar-refractivity contribution is -0.135. The number of aliphatic hydroxyl groups excluding tert-OH is 2. The van der Waals surface area contributed by atoms with Gasteiger partial charge in [-0.15, -0.1) is 0 Å². The second kappa shape index (κ2) is 21.2. The van der Waals surface area contributed by atoms with Crippen LogP contribution in [0.3, 0.4) is 0 Å². The first-order valence-electron chi connectivity index (χ1n) is 25.5. The Morgan fingerprint density at radius 2 is 1.59 bits per heavy atom. The lowest BCUT2D eigenvalue weighted by atomic mass is 9.67. The first-order valence-corrected chi connectivity index (χ1v) is 25.5. The van der Waals surface area contributed by atoms with Gasteiger partial charge in [-0.3, -0.25) is 9.59 Å². The number of nitrogens with one attached hydrogen (secondary N) is 3. The number of ether oxygens (including phenoxy) is 1. The molecular formula is C60H65N3O7. The third-order valence-corrected chi connectivity index (χ3v) is 15.4. The standard InChI is InChI=1S/C60H65N3O7/c64-26-23-51-55(67)20-16-40-29-45(58(68)56(32-40)70-48-10-4-5-11-48)28-39-14-18-42(34-47(65)30-37-7-2-1-3-8-37)44(27-39)33-43-21-24-62-60(43)63-36-46-35-53-50(22-25-61-53)52(57(46)59(51)69)31-38-13-17-41-9-6-12-54(66)49(41)19-15-38/h1-3,6-9,12,14-15,18-19,21-22,24-25,27,29,32,35,38,47-48,51-52,57,61-66,68H,4-5,10-11,13,16-17,20,23,26,28,30-31,33-34,36H2. The van der Waals surface area contributed by atoms with Crippen LogP contribution in [-0.2, 0) is 48.1 Å². The largest absolute Gasteiger partial charge is 0.507 e. The maximum atomic E-state index is 15.6. The van der Waals surface area contributed by atoms with E-state index >= 15 is 4.79 Å². The van der Waals surface area contributed by atoms with Crippen molar-refractivity contribution in [2.75, 3.05) is 18.5 Å². The van der Waals surface area contributed by atoms with Crippen LogP contribution in [0.25, 0.3) is 12.2 Å². The molecule has 0 spiro atoms. The smallest absolute Gasteiger partial charge is 0.161 e. The van der Waals surface area contributed by atoms with E-state index in [9.17, 15) is 25.2 Å².